The van der Waals surface area contributed by atoms with Crippen molar-refractivity contribution in [1.29, 1.82) is 0 Å². The fourth-order valence-electron chi connectivity index (χ4n) is 3.40. The molecule has 1 N–H and O–H groups in total. The second-order valence-corrected chi connectivity index (χ2v) is 7.84. The molecular formula is C30H24N2O6. The number of amides is 1. The second kappa shape index (κ2) is 12.6. The van der Waals surface area contributed by atoms with Gasteiger partial charge in [0.15, 0.2) is 0 Å². The molecule has 4 aromatic carbocycles. The Morgan fingerprint density at radius 2 is 1.34 bits per heavy atom. The molecule has 0 radical (unpaired) electrons. The van der Waals surface area contributed by atoms with Crippen LogP contribution in [0.2, 0.25) is 0 Å². The molecule has 0 unspecified atom stereocenters. The maximum atomic E-state index is 12.7. The van der Waals surface area contributed by atoms with E-state index in [1.54, 1.807) is 91.0 Å². The van der Waals surface area contributed by atoms with E-state index in [2.05, 4.69) is 10.5 Å². The van der Waals surface area contributed by atoms with Crippen LogP contribution in [-0.4, -0.2) is 30.7 Å². The number of benzene rings is 4. The molecule has 8 heteroatoms. The largest absolute Gasteiger partial charge is 0.493 e. The van der Waals surface area contributed by atoms with Crippen molar-refractivity contribution in [3.63, 3.8) is 0 Å². The Morgan fingerprint density at radius 3 is 2.00 bits per heavy atom. The molecule has 0 saturated carbocycles. The monoisotopic (exact) mass is 508 g/mol. The van der Waals surface area contributed by atoms with Crippen molar-refractivity contribution in [2.45, 2.75) is 6.92 Å². The molecule has 8 nitrogen and oxygen atoms in total. The molecule has 0 bridgehead atoms. The first-order chi connectivity index (χ1) is 18.5. The molecule has 0 atom stereocenters. The summed E-state index contributed by atoms with van der Waals surface area (Å²) in [5, 5.41) is 4.02. The standard InChI is InChI=1S/C30H24N2O6/c1-2-36-26-16-10-9-15-25(26)28(33)32-31-20-23-17-18-24(37-29(34)21-11-5-3-6-12-21)19-27(23)38-30(35)22-13-7-4-8-14-22/h3-20H,2H2,1H3,(H,32,33). The van der Waals surface area contributed by atoms with Crippen molar-refractivity contribution >= 4 is 24.1 Å². The number of nitrogens with one attached hydrogen (secondary N) is 1. The van der Waals surface area contributed by atoms with Crippen molar-refractivity contribution in [3.05, 3.63) is 125 Å². The summed E-state index contributed by atoms with van der Waals surface area (Å²) in [5.41, 5.74) is 3.85. The summed E-state index contributed by atoms with van der Waals surface area (Å²) in [6.45, 7) is 2.23. The van der Waals surface area contributed by atoms with Gasteiger partial charge in [-0.05, 0) is 55.5 Å². The highest BCUT2D eigenvalue weighted by Gasteiger charge is 2.15. The zero-order chi connectivity index (χ0) is 26.7. The highest BCUT2D eigenvalue weighted by atomic mass is 16.5. The predicted molar refractivity (Wildman–Crippen MR) is 142 cm³/mol. The van der Waals surface area contributed by atoms with Crippen LogP contribution >= 0.6 is 0 Å². The fraction of sp³-hybridized carbons (Fsp3) is 0.0667. The Morgan fingerprint density at radius 1 is 0.737 bits per heavy atom. The van der Waals surface area contributed by atoms with E-state index >= 15 is 0 Å². The van der Waals surface area contributed by atoms with Crippen LogP contribution in [0.25, 0.3) is 0 Å². The quantitative estimate of drug-likeness (QED) is 0.143. The summed E-state index contributed by atoms with van der Waals surface area (Å²) in [6, 6.07) is 28.3. The van der Waals surface area contributed by atoms with E-state index in [0.29, 0.717) is 34.6 Å². The van der Waals surface area contributed by atoms with Crippen LogP contribution in [0.1, 0.15) is 43.6 Å². The van der Waals surface area contributed by atoms with Crippen LogP contribution in [0.4, 0.5) is 0 Å². The first-order valence-corrected chi connectivity index (χ1v) is 11.8. The number of carbonyl (C=O) groups excluding carboxylic acids is 3. The van der Waals surface area contributed by atoms with Gasteiger partial charge in [0, 0.05) is 11.6 Å². The number of hydrogen-bond donors (Lipinski definition) is 1. The van der Waals surface area contributed by atoms with Crippen molar-refractivity contribution < 1.29 is 28.6 Å². The van der Waals surface area contributed by atoms with E-state index < -0.39 is 17.8 Å². The van der Waals surface area contributed by atoms with Crippen LogP contribution < -0.4 is 19.6 Å². The molecule has 0 aliphatic carbocycles. The van der Waals surface area contributed by atoms with Gasteiger partial charge in [-0.25, -0.2) is 15.0 Å². The van der Waals surface area contributed by atoms with Crippen LogP contribution in [-0.2, 0) is 0 Å². The van der Waals surface area contributed by atoms with Gasteiger partial charge >= 0.3 is 11.9 Å². The first kappa shape index (κ1) is 25.8. The lowest BCUT2D eigenvalue weighted by atomic mass is 10.2. The molecular weight excluding hydrogens is 484 g/mol. The van der Waals surface area contributed by atoms with Crippen LogP contribution in [0, 0.1) is 0 Å². The highest BCUT2D eigenvalue weighted by Crippen LogP contribution is 2.26. The Kier molecular flexibility index (Phi) is 8.60. The van der Waals surface area contributed by atoms with Gasteiger partial charge in [-0.3, -0.25) is 4.79 Å². The molecule has 4 rings (SSSR count). The Labute approximate surface area is 219 Å². The predicted octanol–water partition coefficient (Wildman–Crippen LogP) is 5.29. The van der Waals surface area contributed by atoms with Gasteiger partial charge in [0.2, 0.25) is 0 Å². The summed E-state index contributed by atoms with van der Waals surface area (Å²) in [4.78, 5) is 37.9. The average Bonchev–Trinajstić information content (AvgIpc) is 2.95. The minimum Gasteiger partial charge on any atom is -0.493 e. The van der Waals surface area contributed by atoms with Crippen LogP contribution in [0.5, 0.6) is 17.2 Å². The molecule has 1 amide bonds. The maximum Gasteiger partial charge on any atom is 0.343 e. The molecule has 0 aromatic heterocycles. The Balaban J connectivity index is 1.56. The zero-order valence-corrected chi connectivity index (χ0v) is 20.5. The average molecular weight is 509 g/mol. The van der Waals surface area contributed by atoms with Crippen LogP contribution in [0.15, 0.2) is 108 Å². The van der Waals surface area contributed by atoms with E-state index in [9.17, 15) is 14.4 Å². The molecule has 0 saturated heterocycles. The van der Waals surface area contributed by atoms with Gasteiger partial charge in [-0.15, -0.1) is 0 Å². The van der Waals surface area contributed by atoms with E-state index in [-0.39, 0.29) is 11.5 Å². The number of nitrogens with zero attached hydrogens (tertiary/aromatic N) is 1. The first-order valence-electron chi connectivity index (χ1n) is 11.8. The molecule has 4 aromatic rings. The molecule has 0 aliphatic heterocycles. The number of carbonyl (C=O) groups is 3. The highest BCUT2D eigenvalue weighted by molar-refractivity contribution is 5.98. The third-order valence-corrected chi connectivity index (χ3v) is 5.22. The minimum atomic E-state index is -0.610. The van der Waals surface area contributed by atoms with Gasteiger partial charge in [0.25, 0.3) is 5.91 Å². The molecule has 0 spiro atoms. The van der Waals surface area contributed by atoms with Gasteiger partial charge in [0.05, 0.1) is 29.5 Å². The number of ether oxygens (including phenoxy) is 3. The smallest absolute Gasteiger partial charge is 0.343 e. The molecule has 0 heterocycles. The SMILES string of the molecule is CCOc1ccccc1C(=O)NN=Cc1ccc(OC(=O)c2ccccc2)cc1OC(=O)c1ccccc1. The number of para-hydroxylation sites is 1. The lowest BCUT2D eigenvalue weighted by Crippen LogP contribution is -2.19. The molecule has 38 heavy (non-hydrogen) atoms. The van der Waals surface area contributed by atoms with Crippen molar-refractivity contribution in [1.82, 2.24) is 5.43 Å². The van der Waals surface area contributed by atoms with Crippen molar-refractivity contribution in [2.24, 2.45) is 5.10 Å². The normalized spacial score (nSPS) is 10.6. The fourth-order valence-corrected chi connectivity index (χ4v) is 3.40. The number of hydrogen-bond acceptors (Lipinski definition) is 7. The lowest BCUT2D eigenvalue weighted by Gasteiger charge is -2.11. The van der Waals surface area contributed by atoms with Gasteiger partial charge in [0.1, 0.15) is 17.2 Å². The van der Waals surface area contributed by atoms with Crippen molar-refractivity contribution in [3.8, 4) is 17.2 Å². The molecule has 0 fully saturated rings. The summed E-state index contributed by atoms with van der Waals surface area (Å²) in [5.74, 6) is -0.952. The minimum absolute atomic E-state index is 0.0879. The molecule has 190 valence electrons. The second-order valence-electron chi connectivity index (χ2n) is 7.84. The topological polar surface area (TPSA) is 103 Å². The van der Waals surface area contributed by atoms with E-state index in [0.717, 1.165) is 0 Å². The van der Waals surface area contributed by atoms with E-state index in [1.807, 2.05) is 6.92 Å². The number of esters is 2. The van der Waals surface area contributed by atoms with Gasteiger partial charge in [-0.1, -0.05) is 48.5 Å². The zero-order valence-electron chi connectivity index (χ0n) is 20.5. The van der Waals surface area contributed by atoms with E-state index in [4.69, 9.17) is 14.2 Å². The molecule has 0 aliphatic rings. The lowest BCUT2D eigenvalue weighted by molar-refractivity contribution is 0.0731. The summed E-state index contributed by atoms with van der Waals surface area (Å²) in [7, 11) is 0. The summed E-state index contributed by atoms with van der Waals surface area (Å²) >= 11 is 0. The van der Waals surface area contributed by atoms with Gasteiger partial charge < -0.3 is 14.2 Å². The van der Waals surface area contributed by atoms with Crippen LogP contribution in [0.3, 0.4) is 0 Å². The number of rotatable bonds is 9. The number of hydrazone groups is 1. The Hall–Kier alpha value is -5.24. The maximum absolute atomic E-state index is 12.7. The van der Waals surface area contributed by atoms with E-state index in [1.165, 1.54) is 18.3 Å². The third-order valence-electron chi connectivity index (χ3n) is 5.22. The van der Waals surface area contributed by atoms with Gasteiger partial charge in [-0.2, -0.15) is 5.10 Å². The summed E-state index contributed by atoms with van der Waals surface area (Å²) in [6.07, 6.45) is 1.33. The third kappa shape index (κ3) is 6.70. The Bertz CT molecular complexity index is 1450. The van der Waals surface area contributed by atoms with Crippen molar-refractivity contribution in [2.75, 3.05) is 6.61 Å². The summed E-state index contributed by atoms with van der Waals surface area (Å²) < 4.78 is 16.6.